The van der Waals surface area contributed by atoms with Crippen LogP contribution in [0.3, 0.4) is 0 Å². The molecule has 1 fully saturated rings. The van der Waals surface area contributed by atoms with E-state index in [0.717, 1.165) is 11.3 Å². The van der Waals surface area contributed by atoms with Crippen molar-refractivity contribution < 1.29 is 9.90 Å². The Kier molecular flexibility index (Phi) is 3.18. The number of fused-ring (bicyclic) bond motifs is 1. The molecule has 0 radical (unpaired) electrons. The van der Waals surface area contributed by atoms with Gasteiger partial charge in [-0.25, -0.2) is 19.7 Å². The summed E-state index contributed by atoms with van der Waals surface area (Å²) in [6, 6.07) is 5.80. The maximum Gasteiger partial charge on any atom is 0.374 e. The second-order valence-corrected chi connectivity index (χ2v) is 5.66. The van der Waals surface area contributed by atoms with Crippen LogP contribution in [-0.2, 0) is 6.54 Å². The van der Waals surface area contributed by atoms with Crippen LogP contribution in [0.15, 0.2) is 36.8 Å². The first-order valence-electron chi connectivity index (χ1n) is 7.47. The zero-order valence-electron chi connectivity index (χ0n) is 12.3. The minimum absolute atomic E-state index is 0.223. The number of carboxylic acid groups (broad SMARTS) is 1. The van der Waals surface area contributed by atoms with Crippen molar-refractivity contribution in [1.29, 1.82) is 0 Å². The number of rotatable bonds is 5. The molecule has 0 spiro atoms. The van der Waals surface area contributed by atoms with Crippen molar-refractivity contribution in [2.24, 2.45) is 0 Å². The van der Waals surface area contributed by atoms with E-state index >= 15 is 0 Å². The summed E-state index contributed by atoms with van der Waals surface area (Å²) in [4.78, 5) is 23.0. The maximum absolute atomic E-state index is 10.9. The van der Waals surface area contributed by atoms with Gasteiger partial charge < -0.3 is 14.8 Å². The summed E-state index contributed by atoms with van der Waals surface area (Å²) in [6.07, 6.45) is 8.08. The molecule has 4 rings (SSSR count). The lowest BCUT2D eigenvalue weighted by molar-refractivity contribution is 0.0683. The molecule has 0 aromatic carbocycles. The fourth-order valence-electron chi connectivity index (χ4n) is 2.55. The number of hydrogen-bond donors (Lipinski definition) is 2. The number of aromatic nitrogens is 4. The van der Waals surface area contributed by atoms with Gasteiger partial charge in [0.15, 0.2) is 0 Å². The third-order valence-electron chi connectivity index (χ3n) is 3.87. The number of nitrogens with one attached hydrogen (secondary N) is 1. The van der Waals surface area contributed by atoms with Crippen LogP contribution in [0.4, 0.5) is 5.82 Å². The molecule has 3 heterocycles. The zero-order valence-corrected chi connectivity index (χ0v) is 12.3. The van der Waals surface area contributed by atoms with Gasteiger partial charge in [0.25, 0.3) is 0 Å². The number of carboxylic acids is 1. The number of pyridine rings is 1. The Balaban J connectivity index is 1.51. The lowest BCUT2D eigenvalue weighted by Gasteiger charge is -2.03. The molecule has 0 saturated heterocycles. The average molecular weight is 309 g/mol. The smallest absolute Gasteiger partial charge is 0.374 e. The topological polar surface area (TPSA) is 92.4 Å². The van der Waals surface area contributed by atoms with E-state index in [-0.39, 0.29) is 5.82 Å². The van der Waals surface area contributed by atoms with Gasteiger partial charge in [0.1, 0.15) is 11.5 Å². The molecular formula is C16H15N5O2. The van der Waals surface area contributed by atoms with Gasteiger partial charge in [-0.1, -0.05) is 6.07 Å². The number of anilines is 1. The molecule has 0 amide bonds. The lowest BCUT2D eigenvalue weighted by Crippen LogP contribution is -2.08. The van der Waals surface area contributed by atoms with Gasteiger partial charge in [-0.3, -0.25) is 0 Å². The summed E-state index contributed by atoms with van der Waals surface area (Å²) in [5, 5.41) is 12.0. The monoisotopic (exact) mass is 309 g/mol. The molecule has 1 aliphatic carbocycles. The van der Waals surface area contributed by atoms with Crippen LogP contribution in [0.2, 0.25) is 0 Å². The predicted molar refractivity (Wildman–Crippen MR) is 83.5 cm³/mol. The molecule has 2 N–H and O–H groups in total. The molecule has 1 aliphatic rings. The molecule has 3 aromatic rings. The quantitative estimate of drug-likeness (QED) is 0.751. The Labute approximate surface area is 132 Å². The van der Waals surface area contributed by atoms with Crippen LogP contribution in [0.5, 0.6) is 0 Å². The van der Waals surface area contributed by atoms with Gasteiger partial charge in [0.2, 0.25) is 5.82 Å². The normalized spacial score (nSPS) is 14.1. The van der Waals surface area contributed by atoms with Crippen molar-refractivity contribution in [3.8, 4) is 0 Å². The highest BCUT2D eigenvalue weighted by molar-refractivity contribution is 5.83. The molecule has 23 heavy (non-hydrogen) atoms. The maximum atomic E-state index is 10.9. The van der Waals surface area contributed by atoms with Crippen LogP contribution in [0.1, 0.15) is 40.6 Å². The minimum Gasteiger partial charge on any atom is -0.475 e. The van der Waals surface area contributed by atoms with Gasteiger partial charge in [0.05, 0.1) is 12.2 Å². The third kappa shape index (κ3) is 2.85. The van der Waals surface area contributed by atoms with Crippen LogP contribution in [-0.4, -0.2) is 30.4 Å². The molecule has 0 unspecified atom stereocenters. The van der Waals surface area contributed by atoms with E-state index in [0.29, 0.717) is 18.3 Å². The number of hydrogen-bond acceptors (Lipinski definition) is 5. The van der Waals surface area contributed by atoms with Crippen molar-refractivity contribution in [2.45, 2.75) is 25.3 Å². The van der Waals surface area contributed by atoms with Crippen LogP contribution in [0, 0.1) is 0 Å². The first kappa shape index (κ1) is 13.7. The first-order chi connectivity index (χ1) is 11.2. The van der Waals surface area contributed by atoms with Crippen LogP contribution in [0.25, 0.3) is 5.65 Å². The molecule has 7 heteroatoms. The average Bonchev–Trinajstić information content (AvgIpc) is 3.32. The molecule has 0 aliphatic heterocycles. The highest BCUT2D eigenvalue weighted by Crippen LogP contribution is 2.39. The van der Waals surface area contributed by atoms with Crippen LogP contribution < -0.4 is 5.32 Å². The molecule has 7 nitrogen and oxygen atoms in total. The summed E-state index contributed by atoms with van der Waals surface area (Å²) in [5.74, 6) is -0.194. The van der Waals surface area contributed by atoms with Crippen molar-refractivity contribution in [3.63, 3.8) is 0 Å². The summed E-state index contributed by atoms with van der Waals surface area (Å²) >= 11 is 0. The molecule has 0 atom stereocenters. The number of imidazole rings is 1. The van der Waals surface area contributed by atoms with E-state index in [1.165, 1.54) is 24.6 Å². The second-order valence-electron chi connectivity index (χ2n) is 5.66. The third-order valence-corrected chi connectivity index (χ3v) is 3.87. The molecular weight excluding hydrogens is 294 g/mol. The van der Waals surface area contributed by atoms with E-state index in [1.807, 2.05) is 16.7 Å². The summed E-state index contributed by atoms with van der Waals surface area (Å²) in [6.45, 7) is 0.469. The van der Waals surface area contributed by atoms with E-state index in [4.69, 9.17) is 5.11 Å². The fourth-order valence-corrected chi connectivity index (χ4v) is 2.55. The number of aromatic carboxylic acids is 1. The Hall–Kier alpha value is -2.96. The Morgan fingerprint density at radius 1 is 1.26 bits per heavy atom. The predicted octanol–water partition coefficient (Wildman–Crippen LogP) is 2.31. The Bertz CT molecular complexity index is 885. The standard InChI is InChI=1S/C16H15N5O2/c22-16(23)15-17-6-5-13(20-15)18-7-12-9-21-8-11(10-1-2-10)3-4-14(21)19-12/h3-6,8-10H,1-2,7H2,(H,22,23)(H,17,18,20). The molecule has 116 valence electrons. The van der Waals surface area contributed by atoms with Crippen molar-refractivity contribution >= 4 is 17.4 Å². The molecule has 3 aromatic heterocycles. The highest BCUT2D eigenvalue weighted by Gasteiger charge is 2.23. The van der Waals surface area contributed by atoms with E-state index in [2.05, 4.69) is 32.5 Å². The fraction of sp³-hybridized carbons (Fsp3) is 0.250. The highest BCUT2D eigenvalue weighted by atomic mass is 16.4. The van der Waals surface area contributed by atoms with Gasteiger partial charge >= 0.3 is 5.97 Å². The van der Waals surface area contributed by atoms with Crippen molar-refractivity contribution in [2.75, 3.05) is 5.32 Å². The zero-order chi connectivity index (χ0) is 15.8. The summed E-state index contributed by atoms with van der Waals surface area (Å²) < 4.78 is 2.04. The number of nitrogens with zero attached hydrogens (tertiary/aromatic N) is 4. The van der Waals surface area contributed by atoms with Crippen molar-refractivity contribution in [1.82, 2.24) is 19.4 Å². The summed E-state index contributed by atoms with van der Waals surface area (Å²) in [7, 11) is 0. The number of carbonyl (C=O) groups is 1. The van der Waals surface area contributed by atoms with Gasteiger partial charge in [-0.15, -0.1) is 0 Å². The Morgan fingerprint density at radius 2 is 2.13 bits per heavy atom. The Morgan fingerprint density at radius 3 is 2.91 bits per heavy atom. The van der Waals surface area contributed by atoms with Gasteiger partial charge in [0, 0.05) is 18.6 Å². The van der Waals surface area contributed by atoms with E-state index < -0.39 is 5.97 Å². The van der Waals surface area contributed by atoms with Gasteiger partial charge in [-0.05, 0) is 36.5 Å². The van der Waals surface area contributed by atoms with Crippen molar-refractivity contribution in [3.05, 3.63) is 53.9 Å². The summed E-state index contributed by atoms with van der Waals surface area (Å²) in [5.41, 5.74) is 3.13. The second kappa shape index (κ2) is 5.35. The van der Waals surface area contributed by atoms with Crippen LogP contribution >= 0.6 is 0 Å². The van der Waals surface area contributed by atoms with Gasteiger partial charge in [-0.2, -0.15) is 0 Å². The van der Waals surface area contributed by atoms with E-state index in [9.17, 15) is 4.79 Å². The first-order valence-corrected chi connectivity index (χ1v) is 7.47. The SMILES string of the molecule is O=C(O)c1nccc(NCc2cn3cc(C4CC4)ccc3n2)n1. The minimum atomic E-state index is -1.14. The largest absolute Gasteiger partial charge is 0.475 e. The molecule has 0 bridgehead atoms. The lowest BCUT2D eigenvalue weighted by atomic mass is 10.2. The molecule has 1 saturated carbocycles. The van der Waals surface area contributed by atoms with E-state index in [1.54, 1.807) is 6.07 Å².